The van der Waals surface area contributed by atoms with E-state index in [-0.39, 0.29) is 17.2 Å². The Morgan fingerprint density at radius 1 is 1.00 bits per heavy atom. The molecule has 2 amide bonds. The van der Waals surface area contributed by atoms with Gasteiger partial charge in [-0.2, -0.15) is 0 Å². The van der Waals surface area contributed by atoms with Crippen LogP contribution in [0.25, 0.3) is 22.2 Å². The van der Waals surface area contributed by atoms with Gasteiger partial charge in [0.2, 0.25) is 15.9 Å². The van der Waals surface area contributed by atoms with Crippen molar-refractivity contribution in [2.24, 2.45) is 5.41 Å². The number of likely N-dealkylation sites (N-methyl/N-ethyl adjacent to an activating group) is 1. The van der Waals surface area contributed by atoms with Gasteiger partial charge in [0.05, 0.1) is 24.0 Å². The molecule has 242 valence electrons. The molecule has 1 unspecified atom stereocenters. The van der Waals surface area contributed by atoms with E-state index in [9.17, 15) is 18.0 Å². The number of amides is 2. The molecular weight excluding hydrogens is 588 g/mol. The summed E-state index contributed by atoms with van der Waals surface area (Å²) >= 11 is 0. The number of nitrogens with one attached hydrogen (secondary N) is 1. The van der Waals surface area contributed by atoms with E-state index in [4.69, 9.17) is 4.74 Å². The highest BCUT2D eigenvalue weighted by Crippen LogP contribution is 2.49. The van der Waals surface area contributed by atoms with Crippen LogP contribution in [0.3, 0.4) is 0 Å². The number of carbonyl (C=O) groups is 2. The zero-order valence-corrected chi connectivity index (χ0v) is 27.8. The van der Waals surface area contributed by atoms with Crippen molar-refractivity contribution in [2.45, 2.75) is 71.3 Å². The van der Waals surface area contributed by atoms with Crippen molar-refractivity contribution in [1.82, 2.24) is 19.1 Å². The average molecular weight is 635 g/mol. The largest absolute Gasteiger partial charge is 0.497 e. The molecule has 1 aliphatic carbocycles. The van der Waals surface area contributed by atoms with Gasteiger partial charge in [-0.25, -0.2) is 13.1 Å². The minimum Gasteiger partial charge on any atom is -0.497 e. The molecule has 1 aromatic heterocycles. The summed E-state index contributed by atoms with van der Waals surface area (Å²) in [6.07, 6.45) is 7.24. The smallest absolute Gasteiger partial charge is 0.264 e. The van der Waals surface area contributed by atoms with Gasteiger partial charge in [-0.15, -0.1) is 0 Å². The maximum absolute atomic E-state index is 14.6. The summed E-state index contributed by atoms with van der Waals surface area (Å²) in [5.41, 5.74) is 4.97. The second-order valence-electron chi connectivity index (χ2n) is 13.5. The van der Waals surface area contributed by atoms with Crippen LogP contribution in [-0.2, 0) is 27.8 Å². The number of carbonyl (C=O) groups excluding carboxylic acids is 2. The van der Waals surface area contributed by atoms with Gasteiger partial charge >= 0.3 is 0 Å². The van der Waals surface area contributed by atoms with E-state index < -0.39 is 21.3 Å². The highest BCUT2D eigenvalue weighted by atomic mass is 32.2. The maximum Gasteiger partial charge on any atom is 0.264 e. The zero-order chi connectivity index (χ0) is 31.9. The molecule has 1 saturated carbocycles. The van der Waals surface area contributed by atoms with Crippen LogP contribution in [0.15, 0.2) is 36.4 Å². The third-order valence-electron chi connectivity index (χ3n) is 10.2. The fraction of sp³-hybridized carbons (Fsp3) is 0.543. The number of benzene rings is 2. The number of nitrogens with zero attached hydrogens (tertiary/aromatic N) is 3. The van der Waals surface area contributed by atoms with E-state index in [1.807, 2.05) is 23.1 Å². The lowest BCUT2D eigenvalue weighted by molar-refractivity contribution is -0.141. The van der Waals surface area contributed by atoms with Crippen LogP contribution in [0.4, 0.5) is 0 Å². The van der Waals surface area contributed by atoms with Crippen molar-refractivity contribution in [3.8, 4) is 17.0 Å². The van der Waals surface area contributed by atoms with Crippen LogP contribution in [0.5, 0.6) is 5.75 Å². The molecule has 45 heavy (non-hydrogen) atoms. The molecule has 1 saturated heterocycles. The minimum absolute atomic E-state index is 0.142. The Labute approximate surface area is 267 Å². The first kappa shape index (κ1) is 31.6. The van der Waals surface area contributed by atoms with Gasteiger partial charge in [0.15, 0.2) is 0 Å². The van der Waals surface area contributed by atoms with Crippen LogP contribution in [0.1, 0.15) is 79.8 Å². The molecule has 2 fully saturated rings. The van der Waals surface area contributed by atoms with E-state index in [1.165, 1.54) is 31.7 Å². The number of hydrogen-bond acceptors (Lipinski definition) is 6. The molecule has 1 N–H and O–H groups in total. The topological polar surface area (TPSA) is 101 Å². The second kappa shape index (κ2) is 12.4. The molecule has 3 heterocycles. The summed E-state index contributed by atoms with van der Waals surface area (Å²) in [6, 6.07) is 11.8. The van der Waals surface area contributed by atoms with Crippen molar-refractivity contribution in [3.05, 3.63) is 53.1 Å². The number of aromatic nitrogens is 1. The number of ether oxygens (including phenoxy) is 1. The van der Waals surface area contributed by atoms with E-state index in [0.717, 1.165) is 72.4 Å². The predicted molar refractivity (Wildman–Crippen MR) is 177 cm³/mol. The first-order valence-corrected chi connectivity index (χ1v) is 18.0. The van der Waals surface area contributed by atoms with Crippen LogP contribution in [0.2, 0.25) is 0 Å². The zero-order valence-electron chi connectivity index (χ0n) is 27.0. The molecular formula is C35H46N4O5S. The Morgan fingerprint density at radius 2 is 1.78 bits per heavy atom. The van der Waals surface area contributed by atoms with E-state index in [1.54, 1.807) is 13.2 Å². The minimum atomic E-state index is -3.72. The number of rotatable bonds is 6. The lowest BCUT2D eigenvalue weighted by Crippen LogP contribution is -2.46. The fourth-order valence-corrected chi connectivity index (χ4v) is 8.27. The van der Waals surface area contributed by atoms with Crippen molar-refractivity contribution in [2.75, 3.05) is 46.1 Å². The Kier molecular flexibility index (Phi) is 8.73. The Bertz CT molecular complexity index is 1730. The molecule has 2 aromatic carbocycles. The molecule has 3 aromatic rings. The summed E-state index contributed by atoms with van der Waals surface area (Å²) in [4.78, 5) is 32.1. The van der Waals surface area contributed by atoms with Gasteiger partial charge < -0.3 is 19.1 Å². The van der Waals surface area contributed by atoms with Gasteiger partial charge in [0, 0.05) is 48.2 Å². The Hall–Kier alpha value is -3.37. The van der Waals surface area contributed by atoms with Crippen LogP contribution in [0, 0.1) is 5.41 Å². The first-order chi connectivity index (χ1) is 21.5. The fourth-order valence-electron chi connectivity index (χ4n) is 7.72. The Balaban J connectivity index is 1.57. The maximum atomic E-state index is 14.6. The number of methoxy groups -OCH3 is 1. The monoisotopic (exact) mass is 634 g/mol. The number of hydrogen-bond donors (Lipinski definition) is 1. The molecule has 3 aliphatic rings. The van der Waals surface area contributed by atoms with Gasteiger partial charge in [0.1, 0.15) is 5.75 Å². The summed E-state index contributed by atoms with van der Waals surface area (Å²) in [5.74, 6) is 0.442. The lowest BCUT2D eigenvalue weighted by atomic mass is 9.79. The van der Waals surface area contributed by atoms with Crippen LogP contribution >= 0.6 is 0 Å². The van der Waals surface area contributed by atoms with Gasteiger partial charge in [0.25, 0.3) is 5.91 Å². The highest BCUT2D eigenvalue weighted by Gasteiger charge is 2.42. The predicted octanol–water partition coefficient (Wildman–Crippen LogP) is 5.17. The Morgan fingerprint density at radius 3 is 2.51 bits per heavy atom. The van der Waals surface area contributed by atoms with E-state index in [0.29, 0.717) is 25.4 Å². The van der Waals surface area contributed by atoms with Gasteiger partial charge in [-0.05, 0) is 100 Å². The molecule has 1 atom stereocenters. The van der Waals surface area contributed by atoms with Crippen molar-refractivity contribution in [1.29, 1.82) is 0 Å². The highest BCUT2D eigenvalue weighted by molar-refractivity contribution is 7.90. The summed E-state index contributed by atoms with van der Waals surface area (Å²) in [6.45, 7) is 7.27. The van der Waals surface area contributed by atoms with Gasteiger partial charge in [-0.3, -0.25) is 9.59 Å². The molecule has 2 aliphatic heterocycles. The lowest BCUT2D eigenvalue weighted by Gasteiger charge is -2.34. The molecule has 6 rings (SSSR count). The standard InChI is InChI=1S/C35H46N4O5S/c1-5-45(42,43)36-33(40)25-12-14-29-30(21-25)39-23-35(2,34(41)38-17-9-16-37(3)18-19-38)22-26-20-27(44-4)13-15-28(26)32(39)31(29)24-10-7-6-8-11-24/h12-15,20-21,24H,5-11,16-19,22-23H2,1-4H3,(H,36,40). The summed E-state index contributed by atoms with van der Waals surface area (Å²) < 4.78 is 34.7. The molecule has 10 heteroatoms. The van der Waals surface area contributed by atoms with E-state index in [2.05, 4.69) is 40.3 Å². The van der Waals surface area contributed by atoms with E-state index >= 15 is 0 Å². The molecule has 0 spiro atoms. The number of fused-ring (bicyclic) bond motifs is 5. The third kappa shape index (κ3) is 6.11. The van der Waals surface area contributed by atoms with Crippen LogP contribution < -0.4 is 9.46 Å². The molecule has 0 radical (unpaired) electrons. The van der Waals surface area contributed by atoms with Crippen molar-refractivity contribution < 1.29 is 22.7 Å². The number of sulfonamides is 1. The third-order valence-corrected chi connectivity index (χ3v) is 11.4. The quantitative estimate of drug-likeness (QED) is 0.402. The second-order valence-corrected chi connectivity index (χ2v) is 15.5. The van der Waals surface area contributed by atoms with Crippen molar-refractivity contribution >= 4 is 32.7 Å². The molecule has 9 nitrogen and oxygen atoms in total. The SMILES string of the molecule is CCS(=O)(=O)NC(=O)c1ccc2c(C3CCCCC3)c3n(c2c1)CC(C)(C(=O)N1CCCN(C)CC1)Cc1cc(OC)ccc1-3. The summed E-state index contributed by atoms with van der Waals surface area (Å²) in [7, 11) is 0.0555. The molecule has 0 bridgehead atoms. The first-order valence-electron chi connectivity index (χ1n) is 16.4. The summed E-state index contributed by atoms with van der Waals surface area (Å²) in [5, 5.41) is 1.07. The normalized spacial score (nSPS) is 21.5. The van der Waals surface area contributed by atoms with Crippen molar-refractivity contribution in [3.63, 3.8) is 0 Å². The average Bonchev–Trinajstić information content (AvgIpc) is 3.13. The van der Waals surface area contributed by atoms with Gasteiger partial charge in [-0.1, -0.05) is 25.3 Å². The van der Waals surface area contributed by atoms with Crippen LogP contribution in [-0.4, -0.2) is 80.7 Å².